The predicted octanol–water partition coefficient (Wildman–Crippen LogP) is 9.85. The monoisotopic (exact) mass is 946 g/mol. The molecule has 3 unspecified atom stereocenters. The number of ketones is 1. The molecule has 0 bridgehead atoms. The van der Waals surface area contributed by atoms with E-state index in [9.17, 15) is 33.6 Å². The lowest BCUT2D eigenvalue weighted by Crippen LogP contribution is -2.55. The number of amides is 5. The average Bonchev–Trinajstić information content (AvgIpc) is 3.31. The number of hydrogen-bond acceptors (Lipinski definition) is 8. The normalized spacial score (nSPS) is 13.8. The van der Waals surface area contributed by atoms with Gasteiger partial charge in [-0.25, -0.2) is 4.79 Å². The van der Waals surface area contributed by atoms with Gasteiger partial charge in [0.15, 0.2) is 6.04 Å². The van der Waals surface area contributed by atoms with E-state index >= 15 is 0 Å². The molecular formula is C55H87N5O8. The van der Waals surface area contributed by atoms with Gasteiger partial charge in [0.2, 0.25) is 29.4 Å². The van der Waals surface area contributed by atoms with Gasteiger partial charge in [-0.2, -0.15) is 0 Å². The van der Waals surface area contributed by atoms with Crippen molar-refractivity contribution in [1.82, 2.24) is 26.6 Å². The Balaban J connectivity index is 0.00000297. The zero-order valence-corrected chi connectivity index (χ0v) is 43.1. The van der Waals surface area contributed by atoms with E-state index in [4.69, 9.17) is 4.74 Å². The number of hydrogen-bond donors (Lipinski definition) is 5. The Morgan fingerprint density at radius 1 is 0.706 bits per heavy atom. The van der Waals surface area contributed by atoms with Gasteiger partial charge in [0, 0.05) is 6.42 Å². The first-order valence-corrected chi connectivity index (χ1v) is 24.9. The molecule has 380 valence electrons. The van der Waals surface area contributed by atoms with Gasteiger partial charge in [-0.3, -0.25) is 28.8 Å². The molecule has 68 heavy (non-hydrogen) atoms. The van der Waals surface area contributed by atoms with Gasteiger partial charge in [0.1, 0.15) is 11.6 Å². The summed E-state index contributed by atoms with van der Waals surface area (Å²) in [6.45, 7) is 19.9. The van der Waals surface area contributed by atoms with Gasteiger partial charge >= 0.3 is 5.97 Å². The Bertz CT molecular complexity index is 1770. The van der Waals surface area contributed by atoms with Crippen molar-refractivity contribution in [1.29, 1.82) is 0 Å². The maximum Gasteiger partial charge on any atom is 0.333 e. The first-order valence-electron chi connectivity index (χ1n) is 24.9. The number of ether oxygens (including phenoxy) is 1. The number of nitrogens with one attached hydrogen (secondary N) is 5. The van der Waals surface area contributed by atoms with E-state index in [1.807, 2.05) is 44.2 Å². The van der Waals surface area contributed by atoms with Crippen LogP contribution in [0.3, 0.4) is 0 Å². The topological polar surface area (TPSA) is 189 Å². The minimum absolute atomic E-state index is 0.112. The van der Waals surface area contributed by atoms with Crippen LogP contribution < -0.4 is 26.6 Å². The molecule has 1 aliphatic rings. The zero-order valence-electron chi connectivity index (χ0n) is 43.1. The van der Waals surface area contributed by atoms with Gasteiger partial charge in [0.25, 0.3) is 5.91 Å². The molecule has 1 aromatic carbocycles. The number of Topliss-reactive ketones (excluding diaryl/α,β-unsaturated/α-hetero) is 1. The van der Waals surface area contributed by atoms with Crippen LogP contribution in [-0.2, 0) is 38.3 Å². The molecule has 0 saturated heterocycles. The van der Waals surface area contributed by atoms with Crippen LogP contribution in [0.4, 0.5) is 0 Å². The Hall–Kier alpha value is -5.59. The van der Waals surface area contributed by atoms with Gasteiger partial charge in [0.05, 0.1) is 19.1 Å². The molecule has 0 aromatic heterocycles. The molecular weight excluding hydrogens is 859 g/mol. The molecule has 0 radical (unpaired) electrons. The summed E-state index contributed by atoms with van der Waals surface area (Å²) in [6.07, 6.45) is 29.3. The predicted molar refractivity (Wildman–Crippen MR) is 275 cm³/mol. The van der Waals surface area contributed by atoms with Crippen LogP contribution in [0.15, 0.2) is 90.6 Å². The van der Waals surface area contributed by atoms with Crippen LogP contribution in [0.1, 0.15) is 183 Å². The summed E-state index contributed by atoms with van der Waals surface area (Å²) in [5, 5.41) is 12.7. The number of benzene rings is 1. The summed E-state index contributed by atoms with van der Waals surface area (Å²) in [5.74, 6) is -5.04. The molecule has 0 heterocycles. The highest BCUT2D eigenvalue weighted by Gasteiger charge is 2.31. The molecule has 1 fully saturated rings. The third-order valence-electron chi connectivity index (χ3n) is 10.2. The Morgan fingerprint density at radius 2 is 1.32 bits per heavy atom. The smallest absolute Gasteiger partial charge is 0.333 e. The maximum absolute atomic E-state index is 13.6. The first kappa shape index (κ1) is 62.4. The maximum atomic E-state index is 13.6. The van der Waals surface area contributed by atoms with Crippen molar-refractivity contribution in [2.45, 2.75) is 195 Å². The lowest BCUT2D eigenvalue weighted by Gasteiger charge is -2.25. The number of carbonyl (C=O) groups is 7. The molecule has 1 aromatic rings. The Kier molecular flexibility index (Phi) is 35.2. The SMILES string of the molecule is C/C=C\C=C(C)C.C1CCCCC1.C=C/C=C\C(=CCCC(NC(=O)CNC(=O)CCCCCC)C(=O)NC(CCC)C(=O)C(=O)NCC(=O)NC(C(=O)OC(C)(C)C)c1ccccc1)CCC. The standard InChI is InChI=1S/C42H63N5O8.C7H12.C6H12/c1-8-12-14-18-27-34(48)43-28-35(49)45-33(26-19-23-30(20-10-3)22-13-9-2)39(52)46-32(21-11-4)38(51)40(53)44-29-36(50)47-37(31-24-16-15-17-25-31)41(54)55-42(5,6)7;1-4-5-6-7(2)3;1-2-4-6-5-3-1/h9,13,15-17,22-25,32-33,37H,2,8,10-12,14,18-21,26-29H2,1,3-7H3,(H,43,48)(H,44,53)(H,45,49)(H,46,52)(H,47,50);4-6H,1-3H3;1-6H2/b22-13-,30-23?;5-4-;. The van der Waals surface area contributed by atoms with Crippen molar-refractivity contribution in [2.24, 2.45) is 0 Å². The summed E-state index contributed by atoms with van der Waals surface area (Å²) < 4.78 is 5.48. The van der Waals surface area contributed by atoms with Crippen molar-refractivity contribution in [3.8, 4) is 0 Å². The summed E-state index contributed by atoms with van der Waals surface area (Å²) in [6, 6.07) is 4.97. The summed E-state index contributed by atoms with van der Waals surface area (Å²) in [7, 11) is 0. The van der Waals surface area contributed by atoms with Crippen LogP contribution in [-0.4, -0.2) is 72.1 Å². The highest BCUT2D eigenvalue weighted by Crippen LogP contribution is 2.19. The largest absolute Gasteiger partial charge is 0.458 e. The van der Waals surface area contributed by atoms with Crippen LogP contribution >= 0.6 is 0 Å². The van der Waals surface area contributed by atoms with Crippen LogP contribution in [0.5, 0.6) is 0 Å². The van der Waals surface area contributed by atoms with E-state index < -0.39 is 65.7 Å². The quantitative estimate of drug-likeness (QED) is 0.0249. The number of esters is 1. The second-order valence-corrected chi connectivity index (χ2v) is 18.1. The summed E-state index contributed by atoms with van der Waals surface area (Å²) in [5.41, 5.74) is 2.02. The molecule has 1 saturated carbocycles. The van der Waals surface area contributed by atoms with E-state index in [2.05, 4.69) is 60.0 Å². The van der Waals surface area contributed by atoms with E-state index in [-0.39, 0.29) is 25.3 Å². The van der Waals surface area contributed by atoms with Crippen LogP contribution in [0.2, 0.25) is 0 Å². The van der Waals surface area contributed by atoms with Crippen LogP contribution in [0.25, 0.3) is 0 Å². The molecule has 13 nitrogen and oxygen atoms in total. The van der Waals surface area contributed by atoms with E-state index in [1.54, 1.807) is 64.1 Å². The summed E-state index contributed by atoms with van der Waals surface area (Å²) >= 11 is 0. The highest BCUT2D eigenvalue weighted by molar-refractivity contribution is 6.38. The van der Waals surface area contributed by atoms with Gasteiger partial charge < -0.3 is 31.3 Å². The van der Waals surface area contributed by atoms with Gasteiger partial charge in [-0.15, -0.1) is 0 Å². The Morgan fingerprint density at radius 3 is 1.85 bits per heavy atom. The van der Waals surface area contributed by atoms with E-state index in [0.29, 0.717) is 31.2 Å². The minimum atomic E-state index is -1.25. The number of carbonyl (C=O) groups excluding carboxylic acids is 7. The van der Waals surface area contributed by atoms with Gasteiger partial charge in [-0.1, -0.05) is 182 Å². The molecule has 0 aliphatic heterocycles. The fraction of sp³-hybridized carbons (Fsp3) is 0.582. The molecule has 3 atom stereocenters. The number of unbranched alkanes of at least 4 members (excludes halogenated alkanes) is 3. The number of rotatable bonds is 27. The molecule has 0 spiro atoms. The lowest BCUT2D eigenvalue weighted by atomic mass is 10.0. The molecule has 1 aliphatic carbocycles. The fourth-order valence-electron chi connectivity index (χ4n) is 6.74. The third kappa shape index (κ3) is 32.2. The lowest BCUT2D eigenvalue weighted by molar-refractivity contribution is -0.158. The zero-order chi connectivity index (χ0) is 51.2. The third-order valence-corrected chi connectivity index (χ3v) is 10.2. The van der Waals surface area contributed by atoms with E-state index in [0.717, 1.165) is 37.7 Å². The fourth-order valence-corrected chi connectivity index (χ4v) is 6.74. The molecule has 2 rings (SSSR count). The second-order valence-electron chi connectivity index (χ2n) is 18.1. The molecule has 5 amide bonds. The van der Waals surface area contributed by atoms with Crippen molar-refractivity contribution < 1.29 is 38.3 Å². The van der Waals surface area contributed by atoms with Crippen molar-refractivity contribution in [2.75, 3.05) is 13.1 Å². The summed E-state index contributed by atoms with van der Waals surface area (Å²) in [4.78, 5) is 91.0. The van der Waals surface area contributed by atoms with Gasteiger partial charge in [-0.05, 0) is 79.2 Å². The van der Waals surface area contributed by atoms with E-state index in [1.165, 1.54) is 44.1 Å². The van der Waals surface area contributed by atoms with Crippen molar-refractivity contribution in [3.05, 3.63) is 96.2 Å². The van der Waals surface area contributed by atoms with Crippen LogP contribution in [0, 0.1) is 0 Å². The van der Waals surface area contributed by atoms with Crippen molar-refractivity contribution >= 4 is 41.3 Å². The average molecular weight is 946 g/mol. The molecule has 13 heteroatoms. The molecule has 5 N–H and O–H groups in total. The highest BCUT2D eigenvalue weighted by atomic mass is 16.6. The first-order chi connectivity index (χ1) is 32.4. The minimum Gasteiger partial charge on any atom is -0.458 e. The second kappa shape index (κ2) is 38.4. The Labute approximate surface area is 409 Å². The van der Waals surface area contributed by atoms with Crippen molar-refractivity contribution in [3.63, 3.8) is 0 Å². The number of allylic oxidation sites excluding steroid dienone is 9.